The topological polar surface area (TPSA) is 41.4 Å². The van der Waals surface area contributed by atoms with Crippen LogP contribution in [0.1, 0.15) is 47.4 Å². The molecule has 0 N–H and O–H groups in total. The number of fused-ring (bicyclic) bond motifs is 1. The number of rotatable bonds is 4. The van der Waals surface area contributed by atoms with Crippen molar-refractivity contribution in [3.05, 3.63) is 59.4 Å². The standard InChI is InChI=1S/C25H30N4O/c1-17-15-20(29-18(2)26-23-9-4-5-10-24(23)29)11-12-22(17)25(30)27(3)21-13-14-28(16-21)19-7-6-8-19/h4-5,9-12,15,19,21H,6-8,13-14,16H2,1-3H3/t21-/m1/s1. The molecule has 0 bridgehead atoms. The van der Waals surface area contributed by atoms with Crippen LogP contribution < -0.4 is 0 Å². The Balaban J connectivity index is 1.38. The van der Waals surface area contributed by atoms with Crippen LogP contribution in [0.3, 0.4) is 0 Å². The second kappa shape index (κ2) is 7.55. The van der Waals surface area contributed by atoms with Gasteiger partial charge in [0.25, 0.3) is 5.91 Å². The van der Waals surface area contributed by atoms with E-state index in [1.807, 2.05) is 56.1 Å². The summed E-state index contributed by atoms with van der Waals surface area (Å²) in [6.07, 6.45) is 5.09. The quantitative estimate of drug-likeness (QED) is 0.652. The third-order valence-corrected chi connectivity index (χ3v) is 7.08. The Morgan fingerprint density at radius 1 is 1.10 bits per heavy atom. The van der Waals surface area contributed by atoms with E-state index >= 15 is 0 Å². The molecule has 156 valence electrons. The number of hydrogen-bond donors (Lipinski definition) is 0. The van der Waals surface area contributed by atoms with E-state index in [-0.39, 0.29) is 5.91 Å². The zero-order valence-corrected chi connectivity index (χ0v) is 18.1. The number of amides is 1. The van der Waals surface area contributed by atoms with Gasteiger partial charge in [-0.1, -0.05) is 18.6 Å². The Kier molecular flexibility index (Phi) is 4.86. The molecule has 1 aliphatic heterocycles. The van der Waals surface area contributed by atoms with Gasteiger partial charge in [-0.25, -0.2) is 4.98 Å². The first-order chi connectivity index (χ1) is 14.5. The molecule has 1 atom stereocenters. The average molecular weight is 403 g/mol. The van der Waals surface area contributed by atoms with Gasteiger partial charge in [-0.05, 0) is 69.0 Å². The molecule has 0 unspecified atom stereocenters. The number of aryl methyl sites for hydroxylation is 2. The van der Waals surface area contributed by atoms with Crippen LogP contribution in [-0.4, -0.2) is 57.5 Å². The van der Waals surface area contributed by atoms with E-state index in [0.29, 0.717) is 6.04 Å². The van der Waals surface area contributed by atoms with Crippen molar-refractivity contribution in [2.24, 2.45) is 0 Å². The van der Waals surface area contributed by atoms with Crippen LogP contribution in [-0.2, 0) is 0 Å². The fourth-order valence-corrected chi connectivity index (χ4v) is 5.02. The van der Waals surface area contributed by atoms with Crippen molar-refractivity contribution in [3.63, 3.8) is 0 Å². The van der Waals surface area contributed by atoms with Crippen molar-refractivity contribution in [2.45, 2.75) is 51.6 Å². The molecule has 1 aliphatic carbocycles. The van der Waals surface area contributed by atoms with E-state index in [1.165, 1.54) is 19.3 Å². The molecule has 5 nitrogen and oxygen atoms in total. The third-order valence-electron chi connectivity index (χ3n) is 7.08. The molecule has 2 heterocycles. The Hall–Kier alpha value is -2.66. The zero-order chi connectivity index (χ0) is 20.8. The van der Waals surface area contributed by atoms with Gasteiger partial charge in [0.15, 0.2) is 0 Å². The van der Waals surface area contributed by atoms with E-state index < -0.39 is 0 Å². The van der Waals surface area contributed by atoms with E-state index in [1.54, 1.807) is 0 Å². The maximum atomic E-state index is 13.3. The van der Waals surface area contributed by atoms with E-state index in [9.17, 15) is 4.79 Å². The molecule has 2 aliphatic rings. The second-order valence-electron chi connectivity index (χ2n) is 8.92. The van der Waals surface area contributed by atoms with Gasteiger partial charge in [0.2, 0.25) is 0 Å². The zero-order valence-electron chi connectivity index (χ0n) is 18.1. The Morgan fingerprint density at radius 3 is 2.63 bits per heavy atom. The highest BCUT2D eigenvalue weighted by molar-refractivity contribution is 5.96. The van der Waals surface area contributed by atoms with E-state index in [2.05, 4.69) is 26.6 Å². The van der Waals surface area contributed by atoms with Crippen molar-refractivity contribution < 1.29 is 4.79 Å². The number of aromatic nitrogens is 2. The van der Waals surface area contributed by atoms with Gasteiger partial charge in [-0.3, -0.25) is 14.3 Å². The van der Waals surface area contributed by atoms with Crippen LogP contribution >= 0.6 is 0 Å². The fraction of sp³-hybridized carbons (Fsp3) is 0.440. The van der Waals surface area contributed by atoms with Gasteiger partial charge in [0.05, 0.1) is 11.0 Å². The van der Waals surface area contributed by atoms with Crippen molar-refractivity contribution in [3.8, 4) is 5.69 Å². The molecule has 5 heteroatoms. The lowest BCUT2D eigenvalue weighted by Crippen LogP contribution is -2.43. The van der Waals surface area contributed by atoms with E-state index in [4.69, 9.17) is 0 Å². The SMILES string of the molecule is Cc1cc(-n2c(C)nc3ccccc32)ccc1C(=O)N(C)[C@@H]1CCN(C2CCC2)C1. The van der Waals surface area contributed by atoms with Crippen LogP contribution in [0.15, 0.2) is 42.5 Å². The Labute approximate surface area is 178 Å². The molecule has 5 rings (SSSR count). The van der Waals surface area contributed by atoms with Crippen LogP contribution in [0.4, 0.5) is 0 Å². The van der Waals surface area contributed by atoms with Crippen LogP contribution in [0.5, 0.6) is 0 Å². The first-order valence-electron chi connectivity index (χ1n) is 11.1. The summed E-state index contributed by atoms with van der Waals surface area (Å²) in [5.41, 5.74) is 4.94. The number of carbonyl (C=O) groups excluding carboxylic acids is 1. The van der Waals surface area contributed by atoms with Crippen molar-refractivity contribution >= 4 is 16.9 Å². The molecule has 0 spiro atoms. The summed E-state index contributed by atoms with van der Waals surface area (Å²) in [6, 6.07) is 15.4. The Bertz CT molecular complexity index is 1100. The largest absolute Gasteiger partial charge is 0.337 e. The number of hydrogen-bond acceptors (Lipinski definition) is 3. The van der Waals surface area contributed by atoms with E-state index in [0.717, 1.165) is 59.2 Å². The molecule has 1 amide bonds. The molecular formula is C25H30N4O. The summed E-state index contributed by atoms with van der Waals surface area (Å²) < 4.78 is 2.16. The molecule has 1 saturated heterocycles. The van der Waals surface area contributed by atoms with Gasteiger partial charge in [0, 0.05) is 43.5 Å². The lowest BCUT2D eigenvalue weighted by molar-refractivity contribution is 0.0719. The number of nitrogens with zero attached hydrogens (tertiary/aromatic N) is 4. The number of carbonyl (C=O) groups is 1. The minimum Gasteiger partial charge on any atom is -0.337 e. The van der Waals surface area contributed by atoms with Crippen LogP contribution in [0.2, 0.25) is 0 Å². The normalized spacial score (nSPS) is 19.9. The number of para-hydroxylation sites is 2. The summed E-state index contributed by atoms with van der Waals surface area (Å²) in [5.74, 6) is 1.08. The smallest absolute Gasteiger partial charge is 0.254 e. The van der Waals surface area contributed by atoms with Crippen LogP contribution in [0, 0.1) is 13.8 Å². The highest BCUT2D eigenvalue weighted by Gasteiger charge is 2.34. The molecule has 1 saturated carbocycles. The summed E-state index contributed by atoms with van der Waals surface area (Å²) >= 11 is 0. The molecule has 3 aromatic rings. The molecule has 30 heavy (non-hydrogen) atoms. The molecule has 2 aromatic carbocycles. The first-order valence-corrected chi connectivity index (χ1v) is 11.1. The minimum atomic E-state index is 0.131. The Morgan fingerprint density at radius 2 is 1.90 bits per heavy atom. The number of likely N-dealkylation sites (tertiary alicyclic amines) is 1. The van der Waals surface area contributed by atoms with Gasteiger partial charge < -0.3 is 4.90 Å². The van der Waals surface area contributed by atoms with Crippen molar-refractivity contribution in [1.82, 2.24) is 19.4 Å². The second-order valence-corrected chi connectivity index (χ2v) is 8.92. The number of likely N-dealkylation sites (N-methyl/N-ethyl adjacent to an activating group) is 1. The number of imidazole rings is 1. The van der Waals surface area contributed by atoms with Gasteiger partial charge in [-0.2, -0.15) is 0 Å². The van der Waals surface area contributed by atoms with Crippen molar-refractivity contribution in [1.29, 1.82) is 0 Å². The van der Waals surface area contributed by atoms with Gasteiger partial charge in [0.1, 0.15) is 5.82 Å². The van der Waals surface area contributed by atoms with Crippen molar-refractivity contribution in [2.75, 3.05) is 20.1 Å². The van der Waals surface area contributed by atoms with Crippen LogP contribution in [0.25, 0.3) is 16.7 Å². The molecule has 2 fully saturated rings. The lowest BCUT2D eigenvalue weighted by atomic mass is 9.92. The highest BCUT2D eigenvalue weighted by Crippen LogP contribution is 2.30. The fourth-order valence-electron chi connectivity index (χ4n) is 5.02. The predicted octanol–water partition coefficient (Wildman–Crippen LogP) is 4.34. The number of benzene rings is 2. The summed E-state index contributed by atoms with van der Waals surface area (Å²) in [5, 5.41) is 0. The minimum absolute atomic E-state index is 0.131. The van der Waals surface area contributed by atoms with Gasteiger partial charge >= 0.3 is 0 Å². The summed E-state index contributed by atoms with van der Waals surface area (Å²) in [7, 11) is 1.97. The molecule has 0 radical (unpaired) electrons. The molecule has 1 aromatic heterocycles. The maximum Gasteiger partial charge on any atom is 0.254 e. The highest BCUT2D eigenvalue weighted by atomic mass is 16.2. The lowest BCUT2D eigenvalue weighted by Gasteiger charge is -2.35. The van der Waals surface area contributed by atoms with Gasteiger partial charge in [-0.15, -0.1) is 0 Å². The molecular weight excluding hydrogens is 372 g/mol. The summed E-state index contributed by atoms with van der Waals surface area (Å²) in [6.45, 7) is 6.20. The third kappa shape index (κ3) is 3.21. The first kappa shape index (κ1) is 19.3. The monoisotopic (exact) mass is 402 g/mol. The predicted molar refractivity (Wildman–Crippen MR) is 120 cm³/mol. The average Bonchev–Trinajstić information content (AvgIpc) is 3.29. The maximum absolute atomic E-state index is 13.3. The summed E-state index contributed by atoms with van der Waals surface area (Å²) in [4.78, 5) is 22.5.